The first-order chi connectivity index (χ1) is 13.4. The molecule has 4 nitrogen and oxygen atoms in total. The third kappa shape index (κ3) is 4.35. The minimum absolute atomic E-state index is 0.149. The summed E-state index contributed by atoms with van der Waals surface area (Å²) in [4.78, 5) is 0. The van der Waals surface area contributed by atoms with E-state index < -0.39 is 0 Å². The van der Waals surface area contributed by atoms with Crippen LogP contribution in [-0.4, -0.2) is 16.9 Å². The van der Waals surface area contributed by atoms with Crippen molar-refractivity contribution in [2.45, 2.75) is 39.9 Å². The SMILES string of the molecule is COc1ccccc1C(C)NCc1c(C)nn(Cc2c(Cl)cccc2Cl)c1C. The number of hydrogen-bond donors (Lipinski definition) is 1. The summed E-state index contributed by atoms with van der Waals surface area (Å²) in [5.74, 6) is 0.889. The Morgan fingerprint density at radius 3 is 2.39 bits per heavy atom. The van der Waals surface area contributed by atoms with E-state index >= 15 is 0 Å². The maximum Gasteiger partial charge on any atom is 0.123 e. The molecule has 148 valence electrons. The molecule has 1 atom stereocenters. The molecular weight excluding hydrogens is 393 g/mol. The number of rotatable bonds is 7. The molecule has 0 fully saturated rings. The highest BCUT2D eigenvalue weighted by Crippen LogP contribution is 2.27. The molecule has 0 radical (unpaired) electrons. The number of halogens is 2. The number of para-hydroxylation sites is 1. The lowest BCUT2D eigenvalue weighted by atomic mass is 10.1. The number of hydrogen-bond acceptors (Lipinski definition) is 3. The molecule has 6 heteroatoms. The van der Waals surface area contributed by atoms with E-state index in [9.17, 15) is 0 Å². The van der Waals surface area contributed by atoms with E-state index in [0.717, 1.165) is 28.3 Å². The summed E-state index contributed by atoms with van der Waals surface area (Å²) in [5.41, 5.74) is 5.31. The van der Waals surface area contributed by atoms with Gasteiger partial charge in [0.2, 0.25) is 0 Å². The van der Waals surface area contributed by atoms with Gasteiger partial charge in [-0.05, 0) is 39.0 Å². The average molecular weight is 418 g/mol. The Labute approximate surface area is 176 Å². The normalized spacial score (nSPS) is 12.2. The standard InChI is InChI=1S/C22H25Cl2N3O/c1-14(17-8-5-6-11-22(17)28-4)25-12-18-15(2)26-27(16(18)3)13-19-20(23)9-7-10-21(19)24/h5-11,14,25H,12-13H2,1-4H3. The molecule has 28 heavy (non-hydrogen) atoms. The Hall–Kier alpha value is -2.01. The summed E-state index contributed by atoms with van der Waals surface area (Å²) in [7, 11) is 1.70. The van der Waals surface area contributed by atoms with Gasteiger partial charge in [-0.1, -0.05) is 47.5 Å². The van der Waals surface area contributed by atoms with Crippen LogP contribution in [0.25, 0.3) is 0 Å². The Kier molecular flexibility index (Phi) is 6.65. The largest absolute Gasteiger partial charge is 0.496 e. The van der Waals surface area contributed by atoms with Gasteiger partial charge in [-0.2, -0.15) is 5.10 Å². The molecule has 1 heterocycles. The molecule has 0 aliphatic carbocycles. The minimum atomic E-state index is 0.149. The van der Waals surface area contributed by atoms with Crippen LogP contribution in [0.5, 0.6) is 5.75 Å². The number of methoxy groups -OCH3 is 1. The predicted molar refractivity (Wildman–Crippen MR) is 116 cm³/mol. The van der Waals surface area contributed by atoms with E-state index in [-0.39, 0.29) is 6.04 Å². The Balaban J connectivity index is 1.77. The van der Waals surface area contributed by atoms with Crippen molar-refractivity contribution in [2.75, 3.05) is 7.11 Å². The summed E-state index contributed by atoms with van der Waals surface area (Å²) in [6, 6.07) is 13.8. The lowest BCUT2D eigenvalue weighted by molar-refractivity contribution is 0.401. The molecule has 0 bridgehead atoms. The quantitative estimate of drug-likeness (QED) is 0.534. The van der Waals surface area contributed by atoms with Gasteiger partial charge < -0.3 is 10.1 Å². The summed E-state index contributed by atoms with van der Waals surface area (Å²) in [6.07, 6.45) is 0. The smallest absolute Gasteiger partial charge is 0.123 e. The Bertz CT molecular complexity index is 948. The molecule has 3 aromatic rings. The second kappa shape index (κ2) is 8.99. The second-order valence-corrected chi connectivity index (χ2v) is 7.67. The first-order valence-electron chi connectivity index (χ1n) is 9.24. The van der Waals surface area contributed by atoms with E-state index in [1.54, 1.807) is 7.11 Å². The number of benzene rings is 2. The van der Waals surface area contributed by atoms with Crippen molar-refractivity contribution in [3.63, 3.8) is 0 Å². The van der Waals surface area contributed by atoms with Gasteiger partial charge in [0.1, 0.15) is 5.75 Å². The van der Waals surface area contributed by atoms with E-state index in [1.807, 2.05) is 48.0 Å². The van der Waals surface area contributed by atoms with Gasteiger partial charge in [0.15, 0.2) is 0 Å². The Morgan fingerprint density at radius 1 is 1.04 bits per heavy atom. The summed E-state index contributed by atoms with van der Waals surface area (Å²) >= 11 is 12.7. The van der Waals surface area contributed by atoms with Crippen LogP contribution in [-0.2, 0) is 13.1 Å². The molecular formula is C22H25Cl2N3O. The number of nitrogens with zero attached hydrogens (tertiary/aromatic N) is 2. The molecule has 1 N–H and O–H groups in total. The molecule has 0 aliphatic heterocycles. The fourth-order valence-electron chi connectivity index (χ4n) is 3.37. The summed E-state index contributed by atoms with van der Waals surface area (Å²) in [6.45, 7) is 7.51. The van der Waals surface area contributed by atoms with Gasteiger partial charge in [0.25, 0.3) is 0 Å². The van der Waals surface area contributed by atoms with Crippen LogP contribution < -0.4 is 10.1 Å². The van der Waals surface area contributed by atoms with Crippen molar-refractivity contribution >= 4 is 23.2 Å². The fourth-order valence-corrected chi connectivity index (χ4v) is 3.88. The van der Waals surface area contributed by atoms with Gasteiger partial charge in [0.05, 0.1) is 19.3 Å². The Morgan fingerprint density at radius 2 is 1.71 bits per heavy atom. The van der Waals surface area contributed by atoms with E-state index in [4.69, 9.17) is 33.0 Å². The van der Waals surface area contributed by atoms with E-state index in [1.165, 1.54) is 5.56 Å². The van der Waals surface area contributed by atoms with Crippen LogP contribution in [0.15, 0.2) is 42.5 Å². The lowest BCUT2D eigenvalue weighted by Gasteiger charge is -2.17. The van der Waals surface area contributed by atoms with Gasteiger partial charge in [-0.3, -0.25) is 4.68 Å². The topological polar surface area (TPSA) is 39.1 Å². The molecule has 2 aromatic carbocycles. The molecule has 0 aliphatic rings. The number of ether oxygens (including phenoxy) is 1. The zero-order valence-corrected chi connectivity index (χ0v) is 18.1. The van der Waals surface area contributed by atoms with Crippen LogP contribution in [0, 0.1) is 13.8 Å². The molecule has 0 spiro atoms. The first kappa shape index (κ1) is 20.7. The maximum absolute atomic E-state index is 6.33. The molecule has 1 aromatic heterocycles. The van der Waals surface area contributed by atoms with Crippen molar-refractivity contribution in [2.24, 2.45) is 0 Å². The third-order valence-electron chi connectivity index (χ3n) is 5.09. The average Bonchev–Trinajstić information content (AvgIpc) is 2.95. The zero-order chi connectivity index (χ0) is 20.3. The molecule has 0 amide bonds. The highest BCUT2D eigenvalue weighted by atomic mass is 35.5. The summed E-state index contributed by atoms with van der Waals surface area (Å²) in [5, 5.41) is 9.61. The molecule has 0 saturated heterocycles. The number of aromatic nitrogens is 2. The molecule has 3 rings (SSSR count). The number of nitrogens with one attached hydrogen (secondary N) is 1. The van der Waals surface area contributed by atoms with Crippen molar-refractivity contribution in [3.05, 3.63) is 80.6 Å². The second-order valence-electron chi connectivity index (χ2n) is 6.85. The third-order valence-corrected chi connectivity index (χ3v) is 5.80. The molecule has 0 saturated carbocycles. The van der Waals surface area contributed by atoms with Gasteiger partial charge >= 0.3 is 0 Å². The highest BCUT2D eigenvalue weighted by molar-refractivity contribution is 6.35. The van der Waals surface area contributed by atoms with Gasteiger partial charge in [-0.25, -0.2) is 0 Å². The fraction of sp³-hybridized carbons (Fsp3) is 0.318. The van der Waals surface area contributed by atoms with E-state index in [0.29, 0.717) is 23.1 Å². The van der Waals surface area contributed by atoms with Crippen LogP contribution in [0.4, 0.5) is 0 Å². The van der Waals surface area contributed by atoms with Crippen molar-refractivity contribution in [1.82, 2.24) is 15.1 Å². The van der Waals surface area contributed by atoms with E-state index in [2.05, 4.69) is 25.2 Å². The van der Waals surface area contributed by atoms with Crippen LogP contribution in [0.2, 0.25) is 10.0 Å². The lowest BCUT2D eigenvalue weighted by Crippen LogP contribution is -2.19. The van der Waals surface area contributed by atoms with Gasteiger partial charge in [0, 0.05) is 45.0 Å². The van der Waals surface area contributed by atoms with Crippen LogP contribution in [0.1, 0.15) is 41.0 Å². The number of aryl methyl sites for hydroxylation is 1. The summed E-state index contributed by atoms with van der Waals surface area (Å²) < 4.78 is 7.44. The van der Waals surface area contributed by atoms with Gasteiger partial charge in [-0.15, -0.1) is 0 Å². The van der Waals surface area contributed by atoms with Crippen molar-refractivity contribution in [3.8, 4) is 5.75 Å². The van der Waals surface area contributed by atoms with Crippen LogP contribution >= 0.6 is 23.2 Å². The first-order valence-corrected chi connectivity index (χ1v) is 10.00. The highest BCUT2D eigenvalue weighted by Gasteiger charge is 2.16. The molecule has 1 unspecified atom stereocenters. The minimum Gasteiger partial charge on any atom is -0.496 e. The van der Waals surface area contributed by atoms with Crippen molar-refractivity contribution < 1.29 is 4.74 Å². The van der Waals surface area contributed by atoms with Crippen LogP contribution in [0.3, 0.4) is 0 Å². The predicted octanol–water partition coefficient (Wildman–Crippen LogP) is 5.71. The maximum atomic E-state index is 6.33. The monoisotopic (exact) mass is 417 g/mol. The van der Waals surface area contributed by atoms with Crippen molar-refractivity contribution in [1.29, 1.82) is 0 Å². The zero-order valence-electron chi connectivity index (χ0n) is 16.6.